The second-order valence-corrected chi connectivity index (χ2v) is 10.7. The van der Waals surface area contributed by atoms with Gasteiger partial charge < -0.3 is 10.6 Å². The van der Waals surface area contributed by atoms with Gasteiger partial charge in [-0.25, -0.2) is 9.67 Å². The maximum absolute atomic E-state index is 10.0. The molecule has 0 saturated heterocycles. The molecule has 1 aliphatic carbocycles. The van der Waals surface area contributed by atoms with Crippen LogP contribution in [-0.2, 0) is 0 Å². The molecule has 11 heteroatoms. The van der Waals surface area contributed by atoms with Crippen LogP contribution in [0.15, 0.2) is 73.2 Å². The fraction of sp³-hybridized carbons (Fsp3) is 0.226. The molecule has 6 rings (SSSR count). The normalized spacial score (nSPS) is 15.2. The van der Waals surface area contributed by atoms with Crippen LogP contribution in [0.4, 0.5) is 11.4 Å². The zero-order valence-electron chi connectivity index (χ0n) is 23.3. The highest BCUT2D eigenvalue weighted by Gasteiger charge is 2.28. The number of benzene rings is 2. The number of rotatable bonds is 10. The van der Waals surface area contributed by atoms with E-state index in [9.17, 15) is 11.9 Å². The summed E-state index contributed by atoms with van der Waals surface area (Å²) < 4.78 is 11.4. The van der Waals surface area contributed by atoms with Crippen LogP contribution in [0.25, 0.3) is 10.9 Å². The van der Waals surface area contributed by atoms with E-state index >= 15 is 0 Å². The largest absolute Gasteiger partial charge is 0.377 e. The zero-order chi connectivity index (χ0) is 30.0. The van der Waals surface area contributed by atoms with Gasteiger partial charge in [0.15, 0.2) is 0 Å². The van der Waals surface area contributed by atoms with Crippen molar-refractivity contribution in [2.45, 2.75) is 43.8 Å². The molecular formula is C31H25Cl2N9. The average molecular weight is 596 g/mol. The Kier molecular flexibility index (Phi) is 7.51. The number of fused-ring (bicyclic) bond motifs is 1. The lowest BCUT2D eigenvalue weighted by atomic mass is 10.00. The van der Waals surface area contributed by atoms with Crippen molar-refractivity contribution >= 4 is 45.5 Å². The van der Waals surface area contributed by atoms with Gasteiger partial charge in [-0.15, -0.1) is 5.10 Å². The number of nitrogens with zero attached hydrogens (tertiary/aromatic N) is 7. The van der Waals surface area contributed by atoms with Crippen molar-refractivity contribution in [3.8, 4) is 12.1 Å². The van der Waals surface area contributed by atoms with Crippen molar-refractivity contribution in [2.24, 2.45) is 0 Å². The molecule has 9 nitrogen and oxygen atoms in total. The molecule has 3 heterocycles. The van der Waals surface area contributed by atoms with Crippen molar-refractivity contribution in [3.05, 3.63) is 106 Å². The summed E-state index contributed by atoms with van der Waals surface area (Å²) in [4.78, 5) is 8.68. The van der Waals surface area contributed by atoms with Gasteiger partial charge in [0.05, 0.1) is 47.5 Å². The van der Waals surface area contributed by atoms with Gasteiger partial charge in [-0.1, -0.05) is 64.8 Å². The van der Waals surface area contributed by atoms with Gasteiger partial charge in [0.1, 0.15) is 22.9 Å². The van der Waals surface area contributed by atoms with Crippen molar-refractivity contribution in [2.75, 3.05) is 10.6 Å². The molecule has 1 aliphatic rings. The summed E-state index contributed by atoms with van der Waals surface area (Å²) in [5, 5.41) is 35.8. The number of nitriles is 2. The van der Waals surface area contributed by atoms with E-state index in [4.69, 9.17) is 23.2 Å². The number of aromatic nitrogens is 5. The van der Waals surface area contributed by atoms with Gasteiger partial charge in [-0.2, -0.15) is 10.5 Å². The smallest absolute Gasteiger partial charge is 0.134 e. The highest BCUT2D eigenvalue weighted by atomic mass is 35.5. The first-order valence-corrected chi connectivity index (χ1v) is 14.2. The van der Waals surface area contributed by atoms with Gasteiger partial charge in [0, 0.05) is 35.5 Å². The van der Waals surface area contributed by atoms with Crippen LogP contribution in [0.1, 0.15) is 67.5 Å². The van der Waals surface area contributed by atoms with Crippen LogP contribution < -0.4 is 10.6 Å². The summed E-state index contributed by atoms with van der Waals surface area (Å²) in [5.41, 5.74) is 3.50. The molecule has 1 fully saturated rings. The standard InChI is InChI=1S/C31H25Cl2N9/c32-25-15-21(38-30(23-8-5-13-36-31(23)33)27-18-42(41-40-27)22-10-11-22)14-24-28(20(16-35)17-37-29(24)25)39-26(9-4-12-34)19-6-2-1-3-7-19/h1-3,5-8,13-15,17-18,22,26,30,38H,4,9-11H2,(H,37,39)/t26-,30+/m1/s1/i30D. The van der Waals surface area contributed by atoms with Crippen molar-refractivity contribution in [1.82, 2.24) is 25.0 Å². The minimum absolute atomic E-state index is 0.150. The maximum Gasteiger partial charge on any atom is 0.134 e. The van der Waals surface area contributed by atoms with Crippen molar-refractivity contribution < 1.29 is 1.37 Å². The summed E-state index contributed by atoms with van der Waals surface area (Å²) in [6.07, 6.45) is 7.66. The molecule has 0 spiro atoms. The zero-order valence-corrected chi connectivity index (χ0v) is 23.8. The minimum Gasteiger partial charge on any atom is -0.377 e. The lowest BCUT2D eigenvalue weighted by molar-refractivity contribution is 0.610. The number of hydrogen-bond donors (Lipinski definition) is 2. The SMILES string of the molecule is [2H][C@@](Nc1cc(Cl)c2ncc(C#N)c(N[C@H](CCC#N)c3ccccc3)c2c1)(c1cn(C2CC2)nn1)c1cccnc1Cl. The third-order valence-corrected chi connectivity index (χ3v) is 7.69. The number of pyridine rings is 2. The van der Waals surface area contributed by atoms with Crippen LogP contribution in [0.3, 0.4) is 0 Å². The molecule has 0 amide bonds. The van der Waals surface area contributed by atoms with Gasteiger partial charge >= 0.3 is 0 Å². The molecule has 2 aromatic carbocycles. The molecule has 0 radical (unpaired) electrons. The fourth-order valence-corrected chi connectivity index (χ4v) is 5.34. The van der Waals surface area contributed by atoms with Crippen LogP contribution in [0, 0.1) is 22.7 Å². The van der Waals surface area contributed by atoms with Crippen molar-refractivity contribution in [1.29, 1.82) is 10.5 Å². The highest BCUT2D eigenvalue weighted by molar-refractivity contribution is 6.36. The Morgan fingerprint density at radius 1 is 1.07 bits per heavy atom. The molecule has 0 unspecified atom stereocenters. The Morgan fingerprint density at radius 2 is 1.90 bits per heavy atom. The van der Waals surface area contributed by atoms with E-state index in [1.54, 1.807) is 41.3 Å². The second kappa shape index (κ2) is 12.0. The predicted molar refractivity (Wildman–Crippen MR) is 162 cm³/mol. The first-order chi connectivity index (χ1) is 20.9. The summed E-state index contributed by atoms with van der Waals surface area (Å²) in [6.45, 7) is 0. The van der Waals surface area contributed by atoms with Gasteiger partial charge in [-0.3, -0.25) is 4.98 Å². The van der Waals surface area contributed by atoms with E-state index in [1.807, 2.05) is 30.3 Å². The number of anilines is 2. The quantitative estimate of drug-likeness (QED) is 0.160. The van der Waals surface area contributed by atoms with E-state index in [0.717, 1.165) is 18.4 Å². The Hall–Kier alpha value is -4.70. The molecule has 1 saturated carbocycles. The van der Waals surface area contributed by atoms with E-state index in [0.29, 0.717) is 57.0 Å². The summed E-state index contributed by atoms with van der Waals surface area (Å²) in [5.74, 6) is 0. The fourth-order valence-electron chi connectivity index (χ4n) is 4.86. The third kappa shape index (κ3) is 5.71. The maximum atomic E-state index is 10.0. The van der Waals surface area contributed by atoms with Crippen LogP contribution in [-0.4, -0.2) is 25.0 Å². The number of halogens is 2. The van der Waals surface area contributed by atoms with Crippen LogP contribution in [0.2, 0.25) is 10.2 Å². The van der Waals surface area contributed by atoms with Crippen LogP contribution in [0.5, 0.6) is 0 Å². The molecule has 3 aromatic heterocycles. The summed E-state index contributed by atoms with van der Waals surface area (Å²) in [7, 11) is 0. The summed E-state index contributed by atoms with van der Waals surface area (Å²) in [6, 6.07) is 19.4. The minimum atomic E-state index is -1.68. The molecule has 42 heavy (non-hydrogen) atoms. The predicted octanol–water partition coefficient (Wildman–Crippen LogP) is 7.39. The van der Waals surface area contributed by atoms with E-state index < -0.39 is 6.02 Å². The third-order valence-electron chi connectivity index (χ3n) is 7.10. The van der Waals surface area contributed by atoms with Gasteiger partial charge in [-0.05, 0) is 43.0 Å². The molecule has 5 aromatic rings. The topological polar surface area (TPSA) is 128 Å². The molecule has 2 N–H and O–H groups in total. The molecule has 0 bridgehead atoms. The lowest BCUT2D eigenvalue weighted by Crippen LogP contribution is -2.15. The second-order valence-electron chi connectivity index (χ2n) is 9.97. The Bertz CT molecular complexity index is 1880. The van der Waals surface area contributed by atoms with E-state index in [2.05, 4.69) is 43.1 Å². The highest BCUT2D eigenvalue weighted by Crippen LogP contribution is 2.39. The monoisotopic (exact) mass is 594 g/mol. The van der Waals surface area contributed by atoms with E-state index in [-0.39, 0.29) is 17.2 Å². The summed E-state index contributed by atoms with van der Waals surface area (Å²) >= 11 is 13.3. The molecular weight excluding hydrogens is 569 g/mol. The lowest BCUT2D eigenvalue weighted by Gasteiger charge is -2.23. The van der Waals surface area contributed by atoms with Crippen LogP contribution >= 0.6 is 23.2 Å². The first kappa shape index (κ1) is 26.2. The average Bonchev–Trinajstić information content (AvgIpc) is 3.75. The number of nitrogens with one attached hydrogen (secondary N) is 2. The first-order valence-electron chi connectivity index (χ1n) is 13.9. The van der Waals surface area contributed by atoms with Crippen molar-refractivity contribution in [3.63, 3.8) is 0 Å². The Balaban J connectivity index is 1.47. The Labute approximate surface area is 254 Å². The van der Waals surface area contributed by atoms with Gasteiger partial charge in [0.25, 0.3) is 0 Å². The Morgan fingerprint density at radius 3 is 2.64 bits per heavy atom. The number of hydrogen-bond acceptors (Lipinski definition) is 8. The molecule has 2 atom stereocenters. The van der Waals surface area contributed by atoms with E-state index in [1.165, 1.54) is 6.20 Å². The molecule has 208 valence electrons. The molecule has 0 aliphatic heterocycles. The van der Waals surface area contributed by atoms with Gasteiger partial charge in [0.2, 0.25) is 0 Å².